The second kappa shape index (κ2) is 5.17. The molecule has 1 unspecified atom stereocenters. The summed E-state index contributed by atoms with van der Waals surface area (Å²) in [6, 6.07) is 6.09. The van der Waals surface area contributed by atoms with Gasteiger partial charge in [0.25, 0.3) is 0 Å². The number of aryl methyl sites for hydroxylation is 2. The largest absolute Gasteiger partial charge is 0.336 e. The summed E-state index contributed by atoms with van der Waals surface area (Å²) in [5, 5.41) is 5.36. The lowest BCUT2D eigenvalue weighted by atomic mass is 10.1. The van der Waals surface area contributed by atoms with E-state index in [2.05, 4.69) is 28.8 Å². The van der Waals surface area contributed by atoms with Gasteiger partial charge in [0, 0.05) is 6.54 Å². The van der Waals surface area contributed by atoms with Gasteiger partial charge >= 0.3 is 6.03 Å². The van der Waals surface area contributed by atoms with Gasteiger partial charge in [-0.3, -0.25) is 0 Å². The van der Waals surface area contributed by atoms with E-state index in [0.29, 0.717) is 0 Å². The molecule has 2 rings (SSSR count). The quantitative estimate of drug-likeness (QED) is 0.830. The maximum atomic E-state index is 11.9. The van der Waals surface area contributed by atoms with Gasteiger partial charge < -0.3 is 10.6 Å². The summed E-state index contributed by atoms with van der Waals surface area (Å²) >= 11 is 0. The first-order valence-corrected chi connectivity index (χ1v) is 5.90. The van der Waals surface area contributed by atoms with Crippen molar-refractivity contribution in [2.24, 2.45) is 0 Å². The lowest BCUT2D eigenvalue weighted by Crippen LogP contribution is -2.38. The number of hydrogen-bond acceptors (Lipinski definition) is 1. The summed E-state index contributed by atoms with van der Waals surface area (Å²) in [5.41, 5.74) is 3.69. The Morgan fingerprint density at radius 3 is 3.12 bits per heavy atom. The van der Waals surface area contributed by atoms with Gasteiger partial charge in [0.15, 0.2) is 0 Å². The minimum Gasteiger partial charge on any atom is -0.336 e. The molecule has 0 heterocycles. The van der Waals surface area contributed by atoms with Crippen LogP contribution in [0.5, 0.6) is 0 Å². The van der Waals surface area contributed by atoms with Crippen molar-refractivity contribution in [1.29, 1.82) is 0 Å². The maximum absolute atomic E-state index is 11.9. The molecule has 0 radical (unpaired) electrons. The Bertz CT molecular complexity index is 420. The van der Waals surface area contributed by atoms with Crippen LogP contribution >= 0.6 is 0 Å². The first-order valence-electron chi connectivity index (χ1n) is 5.90. The van der Waals surface area contributed by atoms with Crippen LogP contribution in [0, 0.1) is 6.92 Å². The molecule has 0 aliphatic heterocycles. The topological polar surface area (TPSA) is 41.1 Å². The number of carbonyl (C=O) groups is 1. The molecular formula is C13H17FN2O. The standard InChI is InChI=1S/C13H17FN2O/c1-9-2-3-10-4-5-12(11(10)8-9)16-13(17)15-7-6-14/h2-3,8,12H,4-7H2,1H3,(H2,15,16,17). The van der Waals surface area contributed by atoms with Crippen LogP contribution in [0.4, 0.5) is 9.18 Å². The second-order valence-corrected chi connectivity index (χ2v) is 4.38. The third-order valence-electron chi connectivity index (χ3n) is 3.06. The highest BCUT2D eigenvalue weighted by Gasteiger charge is 2.23. The minimum atomic E-state index is -0.534. The zero-order chi connectivity index (χ0) is 12.3. The number of urea groups is 1. The predicted octanol–water partition coefficient (Wildman–Crippen LogP) is 2.25. The summed E-state index contributed by atoms with van der Waals surface area (Å²) in [5.74, 6) is 0. The molecule has 1 aromatic carbocycles. The molecule has 0 aromatic heterocycles. The van der Waals surface area contributed by atoms with Gasteiger partial charge in [0.05, 0.1) is 6.04 Å². The average molecular weight is 236 g/mol. The Kier molecular flexibility index (Phi) is 3.61. The number of nitrogens with one attached hydrogen (secondary N) is 2. The van der Waals surface area contributed by atoms with Crippen LogP contribution in [0.25, 0.3) is 0 Å². The highest BCUT2D eigenvalue weighted by molar-refractivity contribution is 5.74. The number of alkyl halides is 1. The Balaban J connectivity index is 2.01. The fraction of sp³-hybridized carbons (Fsp3) is 0.462. The Morgan fingerprint density at radius 1 is 1.53 bits per heavy atom. The van der Waals surface area contributed by atoms with Gasteiger partial charge in [-0.05, 0) is 30.9 Å². The molecule has 0 saturated carbocycles. The van der Waals surface area contributed by atoms with Gasteiger partial charge in [-0.15, -0.1) is 0 Å². The minimum absolute atomic E-state index is 0.0597. The van der Waals surface area contributed by atoms with Gasteiger partial charge in [-0.1, -0.05) is 23.8 Å². The van der Waals surface area contributed by atoms with Gasteiger partial charge in [0.2, 0.25) is 0 Å². The molecule has 1 atom stereocenters. The zero-order valence-electron chi connectivity index (χ0n) is 9.92. The molecule has 0 bridgehead atoms. The molecule has 3 nitrogen and oxygen atoms in total. The number of halogens is 1. The van der Waals surface area contributed by atoms with Crippen LogP contribution in [0.1, 0.15) is 29.2 Å². The van der Waals surface area contributed by atoms with Crippen LogP contribution in [-0.4, -0.2) is 19.3 Å². The van der Waals surface area contributed by atoms with Crippen molar-refractivity contribution in [2.75, 3.05) is 13.2 Å². The fourth-order valence-corrected chi connectivity index (χ4v) is 2.24. The third-order valence-corrected chi connectivity index (χ3v) is 3.06. The molecule has 1 aromatic rings. The predicted molar refractivity (Wildman–Crippen MR) is 64.8 cm³/mol. The summed E-state index contributed by atoms with van der Waals surface area (Å²) in [4.78, 5) is 11.5. The van der Waals surface area contributed by atoms with E-state index in [1.165, 1.54) is 16.7 Å². The van der Waals surface area contributed by atoms with Crippen LogP contribution in [0.3, 0.4) is 0 Å². The van der Waals surface area contributed by atoms with E-state index in [9.17, 15) is 9.18 Å². The van der Waals surface area contributed by atoms with Crippen molar-refractivity contribution in [2.45, 2.75) is 25.8 Å². The molecule has 1 aliphatic rings. The Labute approximate surface area is 100 Å². The molecule has 0 saturated heterocycles. The number of fused-ring (bicyclic) bond motifs is 1. The van der Waals surface area contributed by atoms with E-state index in [4.69, 9.17) is 0 Å². The third kappa shape index (κ3) is 2.75. The molecular weight excluding hydrogens is 219 g/mol. The van der Waals surface area contributed by atoms with Crippen molar-refractivity contribution >= 4 is 6.03 Å². The molecule has 1 aliphatic carbocycles. The molecule has 0 fully saturated rings. The van der Waals surface area contributed by atoms with E-state index in [1.54, 1.807) is 0 Å². The van der Waals surface area contributed by atoms with Crippen molar-refractivity contribution in [3.8, 4) is 0 Å². The molecule has 2 amide bonds. The highest BCUT2D eigenvalue weighted by Crippen LogP contribution is 2.31. The van der Waals surface area contributed by atoms with Gasteiger partial charge in [-0.25, -0.2) is 9.18 Å². The number of carbonyl (C=O) groups excluding carboxylic acids is 1. The second-order valence-electron chi connectivity index (χ2n) is 4.38. The number of rotatable bonds is 3. The maximum Gasteiger partial charge on any atom is 0.315 e. The lowest BCUT2D eigenvalue weighted by Gasteiger charge is -2.14. The van der Waals surface area contributed by atoms with Crippen molar-refractivity contribution < 1.29 is 9.18 Å². The van der Waals surface area contributed by atoms with Gasteiger partial charge in [-0.2, -0.15) is 0 Å². The summed E-state index contributed by atoms with van der Waals surface area (Å²) in [6.45, 7) is 1.58. The summed E-state index contributed by atoms with van der Waals surface area (Å²) in [6.07, 6.45) is 1.91. The van der Waals surface area contributed by atoms with E-state index in [1.807, 2.05) is 6.92 Å². The first kappa shape index (κ1) is 11.9. The summed E-state index contributed by atoms with van der Waals surface area (Å²) < 4.78 is 11.9. The SMILES string of the molecule is Cc1ccc2c(c1)C(NC(=O)NCCF)CC2. The fourth-order valence-electron chi connectivity index (χ4n) is 2.24. The van der Waals surface area contributed by atoms with Crippen molar-refractivity contribution in [1.82, 2.24) is 10.6 Å². The van der Waals surface area contributed by atoms with E-state index in [-0.39, 0.29) is 18.6 Å². The monoisotopic (exact) mass is 236 g/mol. The highest BCUT2D eigenvalue weighted by atomic mass is 19.1. The van der Waals surface area contributed by atoms with E-state index < -0.39 is 6.67 Å². The molecule has 92 valence electrons. The van der Waals surface area contributed by atoms with Crippen molar-refractivity contribution in [3.05, 3.63) is 34.9 Å². The Hall–Kier alpha value is -1.58. The molecule has 4 heteroatoms. The lowest BCUT2D eigenvalue weighted by molar-refractivity contribution is 0.236. The molecule has 2 N–H and O–H groups in total. The van der Waals surface area contributed by atoms with Crippen LogP contribution in [-0.2, 0) is 6.42 Å². The molecule has 17 heavy (non-hydrogen) atoms. The Morgan fingerprint density at radius 2 is 2.35 bits per heavy atom. The van der Waals surface area contributed by atoms with Crippen LogP contribution in [0.2, 0.25) is 0 Å². The van der Waals surface area contributed by atoms with Crippen molar-refractivity contribution in [3.63, 3.8) is 0 Å². The summed E-state index contributed by atoms with van der Waals surface area (Å²) in [7, 11) is 0. The van der Waals surface area contributed by atoms with E-state index in [0.717, 1.165) is 12.8 Å². The zero-order valence-corrected chi connectivity index (χ0v) is 9.92. The number of amides is 2. The molecule has 0 spiro atoms. The van der Waals surface area contributed by atoms with Gasteiger partial charge in [0.1, 0.15) is 6.67 Å². The average Bonchev–Trinajstić information content (AvgIpc) is 2.69. The first-order chi connectivity index (χ1) is 8.20. The van der Waals surface area contributed by atoms with E-state index >= 15 is 0 Å². The van der Waals surface area contributed by atoms with Crippen LogP contribution in [0.15, 0.2) is 18.2 Å². The number of hydrogen-bond donors (Lipinski definition) is 2. The normalized spacial score (nSPS) is 17.6. The van der Waals surface area contributed by atoms with Crippen LogP contribution < -0.4 is 10.6 Å². The number of benzene rings is 1. The smallest absolute Gasteiger partial charge is 0.315 e.